The third-order valence-electron chi connectivity index (χ3n) is 2.82. The molecule has 4 nitrogen and oxygen atoms in total. The Morgan fingerprint density at radius 1 is 1.60 bits per heavy atom. The lowest BCUT2D eigenvalue weighted by Crippen LogP contribution is -2.46. The minimum absolute atomic E-state index is 0.0406. The molecule has 2 atom stereocenters. The summed E-state index contributed by atoms with van der Waals surface area (Å²) in [6.07, 6.45) is 4.82. The number of aliphatic hydroxyl groups excluding tert-OH is 1. The van der Waals surface area contributed by atoms with Crippen LogP contribution in [0.25, 0.3) is 0 Å². The Morgan fingerprint density at radius 3 is 3.13 bits per heavy atom. The Kier molecular flexibility index (Phi) is 5.65. The second-order valence-electron chi connectivity index (χ2n) is 4.27. The molecule has 0 aromatic rings. The van der Waals surface area contributed by atoms with Crippen LogP contribution in [0, 0.1) is 0 Å². The maximum absolute atomic E-state index is 11.6. The molecular weight excluding hydrogens is 192 g/mol. The van der Waals surface area contributed by atoms with Crippen LogP contribution in [0.5, 0.6) is 0 Å². The van der Waals surface area contributed by atoms with Crippen molar-refractivity contribution in [3.63, 3.8) is 0 Å². The molecule has 0 bridgehead atoms. The van der Waals surface area contributed by atoms with Crippen LogP contribution >= 0.6 is 0 Å². The molecule has 1 rings (SSSR count). The van der Waals surface area contributed by atoms with E-state index in [0.29, 0.717) is 6.04 Å². The number of carbonyl (C=O) groups excluding carboxylic acids is 1. The number of hydrogen-bond acceptors (Lipinski definition) is 3. The summed E-state index contributed by atoms with van der Waals surface area (Å²) in [6, 6.07) is 0.257. The van der Waals surface area contributed by atoms with E-state index in [9.17, 15) is 4.79 Å². The van der Waals surface area contributed by atoms with Crippen LogP contribution in [0.4, 0.5) is 0 Å². The minimum Gasteiger partial charge on any atom is -0.396 e. The fraction of sp³-hybridized carbons (Fsp3) is 0.909. The van der Waals surface area contributed by atoms with Gasteiger partial charge in [0.05, 0.1) is 6.04 Å². The first-order chi connectivity index (χ1) is 7.24. The molecule has 1 aliphatic heterocycles. The number of hydrogen-bond donors (Lipinski definition) is 3. The lowest BCUT2D eigenvalue weighted by Gasteiger charge is -2.20. The van der Waals surface area contributed by atoms with Crippen LogP contribution in [0.2, 0.25) is 0 Å². The van der Waals surface area contributed by atoms with Crippen molar-refractivity contribution in [3.05, 3.63) is 0 Å². The van der Waals surface area contributed by atoms with Crippen molar-refractivity contribution in [2.45, 2.75) is 51.1 Å². The molecule has 0 aromatic carbocycles. The normalized spacial score (nSPS) is 24.4. The van der Waals surface area contributed by atoms with Gasteiger partial charge in [-0.25, -0.2) is 0 Å². The summed E-state index contributed by atoms with van der Waals surface area (Å²) in [6.45, 7) is 3.10. The summed E-state index contributed by atoms with van der Waals surface area (Å²) < 4.78 is 0. The van der Waals surface area contributed by atoms with Crippen molar-refractivity contribution in [3.8, 4) is 0 Å². The maximum atomic E-state index is 11.6. The number of nitrogens with one attached hydrogen (secondary N) is 2. The number of carbonyl (C=O) groups is 1. The average molecular weight is 214 g/mol. The van der Waals surface area contributed by atoms with E-state index in [1.807, 2.05) is 0 Å². The number of rotatable bonds is 5. The Hall–Kier alpha value is -0.610. The van der Waals surface area contributed by atoms with Crippen LogP contribution in [0.3, 0.4) is 0 Å². The SMILES string of the molecule is CC(CCCO)NC1CCCCNC1=O. The monoisotopic (exact) mass is 214 g/mol. The summed E-state index contributed by atoms with van der Waals surface area (Å²) in [5, 5.41) is 14.9. The van der Waals surface area contributed by atoms with Gasteiger partial charge in [-0.3, -0.25) is 4.79 Å². The summed E-state index contributed by atoms with van der Waals surface area (Å²) in [7, 11) is 0. The smallest absolute Gasteiger partial charge is 0.237 e. The van der Waals surface area contributed by atoms with Crippen molar-refractivity contribution in [2.24, 2.45) is 0 Å². The van der Waals surface area contributed by atoms with Crippen LogP contribution in [0.1, 0.15) is 39.0 Å². The lowest BCUT2D eigenvalue weighted by molar-refractivity contribution is -0.123. The summed E-state index contributed by atoms with van der Waals surface area (Å²) >= 11 is 0. The number of amides is 1. The molecule has 1 heterocycles. The molecule has 3 N–H and O–H groups in total. The van der Waals surface area contributed by atoms with Crippen molar-refractivity contribution in [2.75, 3.05) is 13.2 Å². The van der Waals surface area contributed by atoms with Crippen molar-refractivity contribution in [1.82, 2.24) is 10.6 Å². The van der Waals surface area contributed by atoms with Gasteiger partial charge >= 0.3 is 0 Å². The van der Waals surface area contributed by atoms with E-state index < -0.39 is 0 Å². The van der Waals surface area contributed by atoms with E-state index >= 15 is 0 Å². The van der Waals surface area contributed by atoms with Crippen molar-refractivity contribution < 1.29 is 9.90 Å². The first-order valence-electron chi connectivity index (χ1n) is 5.88. The van der Waals surface area contributed by atoms with Gasteiger partial charge in [-0.2, -0.15) is 0 Å². The van der Waals surface area contributed by atoms with Gasteiger partial charge in [0.25, 0.3) is 0 Å². The zero-order chi connectivity index (χ0) is 11.1. The lowest BCUT2D eigenvalue weighted by atomic mass is 10.1. The molecule has 0 aliphatic carbocycles. The highest BCUT2D eigenvalue weighted by Gasteiger charge is 2.21. The Labute approximate surface area is 91.4 Å². The van der Waals surface area contributed by atoms with E-state index in [-0.39, 0.29) is 18.6 Å². The van der Waals surface area contributed by atoms with E-state index in [1.165, 1.54) is 0 Å². The van der Waals surface area contributed by atoms with Gasteiger partial charge < -0.3 is 15.7 Å². The number of aliphatic hydroxyl groups is 1. The first kappa shape index (κ1) is 12.5. The molecule has 1 amide bonds. The van der Waals surface area contributed by atoms with Gasteiger partial charge in [0.2, 0.25) is 5.91 Å². The van der Waals surface area contributed by atoms with Crippen LogP contribution < -0.4 is 10.6 Å². The van der Waals surface area contributed by atoms with Crippen LogP contribution in [-0.2, 0) is 4.79 Å². The molecular formula is C11H22N2O2. The van der Waals surface area contributed by atoms with Crippen LogP contribution in [-0.4, -0.2) is 36.2 Å². The minimum atomic E-state index is -0.0406. The molecule has 15 heavy (non-hydrogen) atoms. The fourth-order valence-corrected chi connectivity index (χ4v) is 1.92. The molecule has 1 fully saturated rings. The molecule has 1 saturated heterocycles. The van der Waals surface area contributed by atoms with E-state index in [2.05, 4.69) is 17.6 Å². The van der Waals surface area contributed by atoms with Crippen molar-refractivity contribution in [1.29, 1.82) is 0 Å². The molecule has 88 valence electrons. The second-order valence-corrected chi connectivity index (χ2v) is 4.27. The predicted molar refractivity (Wildman–Crippen MR) is 59.6 cm³/mol. The second kappa shape index (κ2) is 6.80. The highest BCUT2D eigenvalue weighted by Crippen LogP contribution is 2.07. The fourth-order valence-electron chi connectivity index (χ4n) is 1.92. The molecule has 0 radical (unpaired) electrons. The molecule has 2 unspecified atom stereocenters. The first-order valence-corrected chi connectivity index (χ1v) is 5.88. The van der Waals surface area contributed by atoms with Gasteiger partial charge in [0.1, 0.15) is 0 Å². The Balaban J connectivity index is 2.30. The average Bonchev–Trinajstić information content (AvgIpc) is 2.42. The van der Waals surface area contributed by atoms with E-state index in [1.54, 1.807) is 0 Å². The molecule has 1 aliphatic rings. The predicted octanol–water partition coefficient (Wildman–Crippen LogP) is 0.406. The van der Waals surface area contributed by atoms with Gasteiger partial charge in [-0.15, -0.1) is 0 Å². The van der Waals surface area contributed by atoms with Gasteiger partial charge in [-0.1, -0.05) is 0 Å². The highest BCUT2D eigenvalue weighted by atomic mass is 16.2. The Morgan fingerprint density at radius 2 is 2.40 bits per heavy atom. The molecule has 0 aromatic heterocycles. The summed E-state index contributed by atoms with van der Waals surface area (Å²) in [5.41, 5.74) is 0. The quantitative estimate of drug-likeness (QED) is 0.621. The third-order valence-corrected chi connectivity index (χ3v) is 2.82. The van der Waals surface area contributed by atoms with E-state index in [4.69, 9.17) is 5.11 Å². The largest absolute Gasteiger partial charge is 0.396 e. The Bertz CT molecular complexity index is 197. The highest BCUT2D eigenvalue weighted by molar-refractivity contribution is 5.81. The standard InChI is InChI=1S/C11H22N2O2/c1-9(5-4-8-14)13-10-6-2-3-7-12-11(10)15/h9-10,13-14H,2-8H2,1H3,(H,12,15). The van der Waals surface area contributed by atoms with E-state index in [0.717, 1.165) is 38.6 Å². The molecule has 0 spiro atoms. The van der Waals surface area contributed by atoms with Crippen LogP contribution in [0.15, 0.2) is 0 Å². The van der Waals surface area contributed by atoms with Gasteiger partial charge in [0, 0.05) is 19.2 Å². The maximum Gasteiger partial charge on any atom is 0.237 e. The summed E-state index contributed by atoms with van der Waals surface area (Å²) in [4.78, 5) is 11.6. The summed E-state index contributed by atoms with van der Waals surface area (Å²) in [5.74, 6) is 0.128. The molecule has 4 heteroatoms. The third kappa shape index (κ3) is 4.62. The zero-order valence-electron chi connectivity index (χ0n) is 9.46. The van der Waals surface area contributed by atoms with Crippen molar-refractivity contribution >= 4 is 5.91 Å². The zero-order valence-corrected chi connectivity index (χ0v) is 9.46. The van der Waals surface area contributed by atoms with Gasteiger partial charge in [-0.05, 0) is 39.0 Å². The topological polar surface area (TPSA) is 61.4 Å². The molecule has 0 saturated carbocycles. The van der Waals surface area contributed by atoms with Gasteiger partial charge in [0.15, 0.2) is 0 Å².